The Balaban J connectivity index is 2.07. The molecule has 18 heavy (non-hydrogen) atoms. The lowest BCUT2D eigenvalue weighted by molar-refractivity contribution is 0.324. The molecule has 0 amide bonds. The smallest absolute Gasteiger partial charge is 0.218 e. The average Bonchev–Trinajstić information content (AvgIpc) is 2.32. The van der Waals surface area contributed by atoms with Crippen LogP contribution < -0.4 is 10.1 Å². The molecule has 0 aliphatic heterocycles. The van der Waals surface area contributed by atoms with Crippen molar-refractivity contribution in [2.24, 2.45) is 5.92 Å². The van der Waals surface area contributed by atoms with E-state index in [1.54, 1.807) is 0 Å². The highest BCUT2D eigenvalue weighted by Gasteiger charge is 2.21. The first-order valence-electron chi connectivity index (χ1n) is 6.94. The molecule has 1 aromatic rings. The molecule has 4 nitrogen and oxygen atoms in total. The lowest BCUT2D eigenvalue weighted by Crippen LogP contribution is -2.30. The van der Waals surface area contributed by atoms with E-state index in [-0.39, 0.29) is 0 Å². The monoisotopic (exact) mass is 249 g/mol. The largest absolute Gasteiger partial charge is 0.478 e. The third-order valence-corrected chi connectivity index (χ3v) is 3.55. The molecule has 1 N–H and O–H groups in total. The fraction of sp³-hybridized carbons (Fsp3) is 0.714. The van der Waals surface area contributed by atoms with Gasteiger partial charge in [-0.05, 0) is 32.6 Å². The van der Waals surface area contributed by atoms with Crippen molar-refractivity contribution in [3.05, 3.63) is 11.9 Å². The van der Waals surface area contributed by atoms with Gasteiger partial charge in [0.15, 0.2) is 0 Å². The Hall–Kier alpha value is -1.32. The molecule has 0 aromatic carbocycles. The molecule has 1 heterocycles. The fourth-order valence-electron chi connectivity index (χ4n) is 2.56. The third kappa shape index (κ3) is 3.34. The first-order chi connectivity index (χ1) is 8.69. The molecular weight excluding hydrogens is 226 g/mol. The summed E-state index contributed by atoms with van der Waals surface area (Å²) in [6.45, 7) is 6.82. The van der Waals surface area contributed by atoms with Crippen molar-refractivity contribution >= 4 is 5.82 Å². The van der Waals surface area contributed by atoms with Crippen LogP contribution in [-0.4, -0.2) is 22.6 Å². The SMILES string of the molecule is CCOc1cc(NC2CCCCC2C)nc(C)n1. The minimum absolute atomic E-state index is 0.530. The van der Waals surface area contributed by atoms with Gasteiger partial charge in [-0.1, -0.05) is 19.8 Å². The summed E-state index contributed by atoms with van der Waals surface area (Å²) in [6, 6.07) is 2.43. The number of aryl methyl sites for hydroxylation is 1. The van der Waals surface area contributed by atoms with Crippen LogP contribution in [0, 0.1) is 12.8 Å². The second-order valence-electron chi connectivity index (χ2n) is 5.08. The summed E-state index contributed by atoms with van der Waals surface area (Å²) in [6.07, 6.45) is 5.20. The highest BCUT2D eigenvalue weighted by atomic mass is 16.5. The summed E-state index contributed by atoms with van der Waals surface area (Å²) in [4.78, 5) is 8.70. The van der Waals surface area contributed by atoms with Gasteiger partial charge in [0.25, 0.3) is 0 Å². The van der Waals surface area contributed by atoms with Crippen LogP contribution in [0.2, 0.25) is 0 Å². The Bertz CT molecular complexity index is 395. The van der Waals surface area contributed by atoms with Gasteiger partial charge in [-0.3, -0.25) is 0 Å². The van der Waals surface area contributed by atoms with Gasteiger partial charge in [-0.2, -0.15) is 4.98 Å². The Morgan fingerprint density at radius 1 is 1.33 bits per heavy atom. The van der Waals surface area contributed by atoms with Gasteiger partial charge in [0.2, 0.25) is 5.88 Å². The molecule has 1 aromatic heterocycles. The number of hydrogen-bond acceptors (Lipinski definition) is 4. The fourth-order valence-corrected chi connectivity index (χ4v) is 2.56. The summed E-state index contributed by atoms with van der Waals surface area (Å²) in [5.41, 5.74) is 0. The molecule has 1 aliphatic carbocycles. The maximum Gasteiger partial charge on any atom is 0.218 e. The third-order valence-electron chi connectivity index (χ3n) is 3.55. The molecule has 0 bridgehead atoms. The highest BCUT2D eigenvalue weighted by molar-refractivity contribution is 5.39. The van der Waals surface area contributed by atoms with Crippen molar-refractivity contribution in [3.63, 3.8) is 0 Å². The van der Waals surface area contributed by atoms with Crippen LogP contribution in [0.25, 0.3) is 0 Å². The van der Waals surface area contributed by atoms with E-state index in [0.717, 1.165) is 11.6 Å². The zero-order valence-electron chi connectivity index (χ0n) is 11.6. The molecule has 100 valence electrons. The quantitative estimate of drug-likeness (QED) is 0.890. The zero-order valence-corrected chi connectivity index (χ0v) is 11.6. The van der Waals surface area contributed by atoms with E-state index in [9.17, 15) is 0 Å². The molecule has 0 radical (unpaired) electrons. The van der Waals surface area contributed by atoms with Crippen LogP contribution >= 0.6 is 0 Å². The highest BCUT2D eigenvalue weighted by Crippen LogP contribution is 2.26. The number of ether oxygens (including phenoxy) is 1. The predicted octanol–water partition coefficient (Wildman–Crippen LogP) is 3.17. The Morgan fingerprint density at radius 2 is 2.11 bits per heavy atom. The molecule has 2 atom stereocenters. The molecule has 1 saturated carbocycles. The summed E-state index contributed by atoms with van der Waals surface area (Å²) in [5.74, 6) is 3.03. The summed E-state index contributed by atoms with van der Waals surface area (Å²) in [7, 11) is 0. The molecule has 4 heteroatoms. The first kappa shape index (κ1) is 13.1. The molecule has 2 rings (SSSR count). The van der Waals surface area contributed by atoms with Crippen molar-refractivity contribution in [1.82, 2.24) is 9.97 Å². The van der Waals surface area contributed by atoms with Crippen LogP contribution in [0.3, 0.4) is 0 Å². The minimum Gasteiger partial charge on any atom is -0.478 e. The van der Waals surface area contributed by atoms with Gasteiger partial charge in [-0.15, -0.1) is 0 Å². The number of aromatic nitrogens is 2. The second kappa shape index (κ2) is 6.03. The maximum atomic E-state index is 5.45. The van der Waals surface area contributed by atoms with E-state index < -0.39 is 0 Å². The first-order valence-corrected chi connectivity index (χ1v) is 6.94. The van der Waals surface area contributed by atoms with E-state index in [4.69, 9.17) is 4.74 Å². The topological polar surface area (TPSA) is 47.0 Å². The number of nitrogens with one attached hydrogen (secondary N) is 1. The maximum absolute atomic E-state index is 5.45. The van der Waals surface area contributed by atoms with Gasteiger partial charge >= 0.3 is 0 Å². The van der Waals surface area contributed by atoms with Crippen LogP contribution in [0.1, 0.15) is 45.4 Å². The molecule has 0 spiro atoms. The van der Waals surface area contributed by atoms with Crippen molar-refractivity contribution in [2.75, 3.05) is 11.9 Å². The van der Waals surface area contributed by atoms with Gasteiger partial charge in [0, 0.05) is 12.1 Å². The molecule has 0 saturated heterocycles. The number of nitrogens with zero attached hydrogens (tertiary/aromatic N) is 2. The number of rotatable bonds is 4. The standard InChI is InChI=1S/C14H23N3O/c1-4-18-14-9-13(15-11(3)16-14)17-12-8-6-5-7-10(12)2/h9-10,12H,4-8H2,1-3H3,(H,15,16,17). The average molecular weight is 249 g/mol. The van der Waals surface area contributed by atoms with Gasteiger partial charge < -0.3 is 10.1 Å². The Morgan fingerprint density at radius 3 is 2.83 bits per heavy atom. The number of hydrogen-bond donors (Lipinski definition) is 1. The summed E-state index contributed by atoms with van der Waals surface area (Å²) in [5, 5.41) is 3.54. The lowest BCUT2D eigenvalue weighted by atomic mass is 9.86. The van der Waals surface area contributed by atoms with Gasteiger partial charge in [-0.25, -0.2) is 4.98 Å². The normalized spacial score (nSPS) is 23.7. The van der Waals surface area contributed by atoms with E-state index in [2.05, 4.69) is 22.2 Å². The van der Waals surface area contributed by atoms with Gasteiger partial charge in [0.1, 0.15) is 11.6 Å². The van der Waals surface area contributed by atoms with Gasteiger partial charge in [0.05, 0.1) is 6.61 Å². The predicted molar refractivity (Wildman–Crippen MR) is 73.0 cm³/mol. The molecule has 1 fully saturated rings. The van der Waals surface area contributed by atoms with Crippen LogP contribution in [-0.2, 0) is 0 Å². The zero-order chi connectivity index (χ0) is 13.0. The van der Waals surface area contributed by atoms with E-state index in [1.807, 2.05) is 19.9 Å². The molecular formula is C14H23N3O. The Labute approximate surface area is 109 Å². The Kier molecular flexibility index (Phi) is 4.39. The van der Waals surface area contributed by atoms with Crippen molar-refractivity contribution < 1.29 is 4.74 Å². The minimum atomic E-state index is 0.530. The van der Waals surface area contributed by atoms with E-state index in [0.29, 0.717) is 24.4 Å². The van der Waals surface area contributed by atoms with Crippen molar-refractivity contribution in [1.29, 1.82) is 0 Å². The van der Waals surface area contributed by atoms with Crippen molar-refractivity contribution in [2.45, 2.75) is 52.5 Å². The lowest BCUT2D eigenvalue weighted by Gasteiger charge is -2.30. The van der Waals surface area contributed by atoms with Crippen LogP contribution in [0.5, 0.6) is 5.88 Å². The molecule has 2 unspecified atom stereocenters. The van der Waals surface area contributed by atoms with Crippen LogP contribution in [0.15, 0.2) is 6.07 Å². The van der Waals surface area contributed by atoms with Crippen molar-refractivity contribution in [3.8, 4) is 5.88 Å². The summed E-state index contributed by atoms with van der Waals surface area (Å²) >= 11 is 0. The van der Waals surface area contributed by atoms with Crippen LogP contribution in [0.4, 0.5) is 5.82 Å². The second-order valence-corrected chi connectivity index (χ2v) is 5.08. The van der Waals surface area contributed by atoms with E-state index in [1.165, 1.54) is 25.7 Å². The van der Waals surface area contributed by atoms with E-state index >= 15 is 0 Å². The number of anilines is 1. The summed E-state index contributed by atoms with van der Waals surface area (Å²) < 4.78 is 5.45. The molecule has 1 aliphatic rings.